The Morgan fingerprint density at radius 1 is 1.14 bits per heavy atom. The van der Waals surface area contributed by atoms with E-state index in [1.165, 1.54) is 0 Å². The molecule has 1 aliphatic heterocycles. The van der Waals surface area contributed by atoms with Gasteiger partial charge in [-0.1, -0.05) is 18.2 Å². The third-order valence-corrected chi connectivity index (χ3v) is 4.71. The lowest BCUT2D eigenvalue weighted by Gasteiger charge is -2.17. The molecule has 0 saturated heterocycles. The lowest BCUT2D eigenvalue weighted by atomic mass is 10.1. The number of hydrogen-bond acceptors (Lipinski definition) is 4. The first-order valence-corrected chi connectivity index (χ1v) is 9.46. The molecule has 1 N–H and O–H groups in total. The van der Waals surface area contributed by atoms with Crippen LogP contribution in [0.5, 0.6) is 11.5 Å². The largest absolute Gasteiger partial charge is 0.490 e. The fourth-order valence-corrected chi connectivity index (χ4v) is 3.20. The second kappa shape index (κ2) is 8.17. The van der Waals surface area contributed by atoms with Gasteiger partial charge in [0.15, 0.2) is 11.5 Å². The molecule has 0 bridgehead atoms. The maximum absolute atomic E-state index is 12.7. The molecule has 0 radical (unpaired) electrons. The van der Waals surface area contributed by atoms with Gasteiger partial charge in [-0.15, -0.1) is 0 Å². The van der Waals surface area contributed by atoms with Gasteiger partial charge in [0.2, 0.25) is 0 Å². The molecule has 0 spiro atoms. The Balaban J connectivity index is 1.45. The molecule has 2 heterocycles. The summed E-state index contributed by atoms with van der Waals surface area (Å²) in [5.74, 6) is 1.38. The molecule has 4 rings (SSSR count). The van der Waals surface area contributed by atoms with Gasteiger partial charge in [-0.2, -0.15) is 5.10 Å². The molecule has 144 valence electrons. The highest BCUT2D eigenvalue weighted by Crippen LogP contribution is 2.32. The fourth-order valence-electron chi connectivity index (χ4n) is 3.20. The Kier molecular flexibility index (Phi) is 5.28. The van der Waals surface area contributed by atoms with E-state index in [-0.39, 0.29) is 11.9 Å². The van der Waals surface area contributed by atoms with Gasteiger partial charge < -0.3 is 14.8 Å². The van der Waals surface area contributed by atoms with Gasteiger partial charge in [-0.3, -0.25) is 9.48 Å². The molecule has 1 amide bonds. The smallest absolute Gasteiger partial charge is 0.251 e. The summed E-state index contributed by atoms with van der Waals surface area (Å²) >= 11 is 0. The van der Waals surface area contributed by atoms with Crippen LogP contribution in [-0.2, 0) is 6.54 Å². The number of fused-ring (bicyclic) bond motifs is 1. The summed E-state index contributed by atoms with van der Waals surface area (Å²) in [4.78, 5) is 12.7. The molecule has 28 heavy (non-hydrogen) atoms. The highest BCUT2D eigenvalue weighted by atomic mass is 16.5. The van der Waals surface area contributed by atoms with Gasteiger partial charge in [-0.25, -0.2) is 0 Å². The van der Waals surface area contributed by atoms with Crippen LogP contribution in [0.2, 0.25) is 0 Å². The van der Waals surface area contributed by atoms with E-state index in [4.69, 9.17) is 9.47 Å². The van der Waals surface area contributed by atoms with E-state index in [1.807, 2.05) is 66.3 Å². The van der Waals surface area contributed by atoms with Crippen molar-refractivity contribution < 1.29 is 14.3 Å². The van der Waals surface area contributed by atoms with Crippen LogP contribution >= 0.6 is 0 Å². The van der Waals surface area contributed by atoms with Gasteiger partial charge in [0.1, 0.15) is 0 Å². The van der Waals surface area contributed by atoms with E-state index in [9.17, 15) is 4.79 Å². The quantitative estimate of drug-likeness (QED) is 0.738. The lowest BCUT2D eigenvalue weighted by Crippen LogP contribution is -2.26. The van der Waals surface area contributed by atoms with Gasteiger partial charge in [0, 0.05) is 24.4 Å². The molecule has 0 aliphatic carbocycles. The van der Waals surface area contributed by atoms with Crippen LogP contribution < -0.4 is 14.8 Å². The number of rotatable bonds is 5. The summed E-state index contributed by atoms with van der Waals surface area (Å²) in [6.07, 6.45) is 4.51. The summed E-state index contributed by atoms with van der Waals surface area (Å²) in [5, 5.41) is 7.27. The minimum Gasteiger partial charge on any atom is -0.490 e. The third kappa shape index (κ3) is 4.17. The molecule has 0 unspecified atom stereocenters. The van der Waals surface area contributed by atoms with Crippen molar-refractivity contribution in [2.75, 3.05) is 13.2 Å². The van der Waals surface area contributed by atoms with E-state index in [2.05, 4.69) is 10.4 Å². The van der Waals surface area contributed by atoms with Crippen LogP contribution in [0.3, 0.4) is 0 Å². The number of amides is 1. The second-order valence-corrected chi connectivity index (χ2v) is 6.86. The Labute approximate surface area is 164 Å². The standard InChI is InChI=1S/C22H23N3O3/c1-16(18-7-8-20-21(14-18)28-12-4-11-27-20)24-22(26)19-6-2-5-17(13-19)15-25-10-3-9-23-25/h2-3,5-10,13-14,16H,4,11-12,15H2,1H3,(H,24,26)/t16-/m1/s1. The maximum atomic E-state index is 12.7. The first-order valence-electron chi connectivity index (χ1n) is 9.46. The number of hydrogen-bond donors (Lipinski definition) is 1. The summed E-state index contributed by atoms with van der Waals surface area (Å²) in [5.41, 5.74) is 2.63. The molecular formula is C22H23N3O3. The number of aromatic nitrogens is 2. The molecule has 2 aromatic carbocycles. The van der Waals surface area contributed by atoms with Crippen molar-refractivity contribution in [3.05, 3.63) is 77.6 Å². The van der Waals surface area contributed by atoms with Gasteiger partial charge in [-0.05, 0) is 48.4 Å². The van der Waals surface area contributed by atoms with Crippen molar-refractivity contribution in [1.82, 2.24) is 15.1 Å². The Morgan fingerprint density at radius 3 is 2.82 bits per heavy atom. The number of nitrogens with one attached hydrogen (secondary N) is 1. The predicted octanol–water partition coefficient (Wildman–Crippen LogP) is 3.58. The zero-order valence-corrected chi connectivity index (χ0v) is 15.8. The van der Waals surface area contributed by atoms with E-state index < -0.39 is 0 Å². The van der Waals surface area contributed by atoms with Crippen LogP contribution in [0.25, 0.3) is 0 Å². The molecule has 1 atom stereocenters. The molecule has 6 heteroatoms. The van der Waals surface area contributed by atoms with E-state index >= 15 is 0 Å². The number of ether oxygens (including phenoxy) is 2. The van der Waals surface area contributed by atoms with Crippen molar-refractivity contribution >= 4 is 5.91 Å². The highest BCUT2D eigenvalue weighted by Gasteiger charge is 2.16. The van der Waals surface area contributed by atoms with E-state index in [0.717, 1.165) is 29.0 Å². The minimum atomic E-state index is -0.153. The Morgan fingerprint density at radius 2 is 2.00 bits per heavy atom. The topological polar surface area (TPSA) is 65.4 Å². The van der Waals surface area contributed by atoms with Crippen molar-refractivity contribution in [3.63, 3.8) is 0 Å². The summed E-state index contributed by atoms with van der Waals surface area (Å²) in [6, 6.07) is 15.2. The first-order chi connectivity index (χ1) is 13.7. The minimum absolute atomic E-state index is 0.109. The number of nitrogens with zero attached hydrogens (tertiary/aromatic N) is 2. The molecule has 0 fully saturated rings. The number of carbonyl (C=O) groups excluding carboxylic acids is 1. The van der Waals surface area contributed by atoms with Crippen LogP contribution in [-0.4, -0.2) is 28.9 Å². The SMILES string of the molecule is C[C@@H](NC(=O)c1cccc(Cn2cccn2)c1)c1ccc2c(c1)OCCCO2. The third-order valence-electron chi connectivity index (χ3n) is 4.71. The van der Waals surface area contributed by atoms with Gasteiger partial charge in [0.05, 0.1) is 25.8 Å². The zero-order chi connectivity index (χ0) is 19.3. The van der Waals surface area contributed by atoms with Crippen LogP contribution in [0.15, 0.2) is 60.9 Å². The average molecular weight is 377 g/mol. The number of carbonyl (C=O) groups is 1. The maximum Gasteiger partial charge on any atom is 0.251 e. The van der Waals surface area contributed by atoms with E-state index in [1.54, 1.807) is 6.20 Å². The zero-order valence-electron chi connectivity index (χ0n) is 15.8. The van der Waals surface area contributed by atoms with Crippen molar-refractivity contribution in [3.8, 4) is 11.5 Å². The average Bonchev–Trinajstić information content (AvgIpc) is 3.10. The second-order valence-electron chi connectivity index (χ2n) is 6.86. The molecule has 1 aliphatic rings. The van der Waals surface area contributed by atoms with Gasteiger partial charge >= 0.3 is 0 Å². The van der Waals surface area contributed by atoms with Gasteiger partial charge in [0.25, 0.3) is 5.91 Å². The highest BCUT2D eigenvalue weighted by molar-refractivity contribution is 5.94. The van der Waals surface area contributed by atoms with Crippen LogP contribution in [0.1, 0.15) is 40.9 Å². The molecule has 6 nitrogen and oxygen atoms in total. The molecule has 0 saturated carbocycles. The first kappa shape index (κ1) is 18.1. The molecule has 3 aromatic rings. The van der Waals surface area contributed by atoms with Crippen molar-refractivity contribution in [1.29, 1.82) is 0 Å². The van der Waals surface area contributed by atoms with Crippen LogP contribution in [0, 0.1) is 0 Å². The van der Waals surface area contributed by atoms with Crippen molar-refractivity contribution in [2.24, 2.45) is 0 Å². The Hall–Kier alpha value is -3.28. The normalized spacial score (nSPS) is 14.2. The molecular weight excluding hydrogens is 354 g/mol. The summed E-state index contributed by atoms with van der Waals surface area (Å²) in [6.45, 7) is 3.89. The van der Waals surface area contributed by atoms with Crippen LogP contribution in [0.4, 0.5) is 0 Å². The monoisotopic (exact) mass is 377 g/mol. The van der Waals surface area contributed by atoms with Crippen molar-refractivity contribution in [2.45, 2.75) is 25.9 Å². The summed E-state index contributed by atoms with van der Waals surface area (Å²) < 4.78 is 13.2. The Bertz CT molecular complexity index is 953. The fraction of sp³-hybridized carbons (Fsp3) is 0.273. The predicted molar refractivity (Wildman–Crippen MR) is 106 cm³/mol. The molecule has 1 aromatic heterocycles. The lowest BCUT2D eigenvalue weighted by molar-refractivity contribution is 0.0939. The van der Waals surface area contributed by atoms with E-state index in [0.29, 0.717) is 25.3 Å². The summed E-state index contributed by atoms with van der Waals surface area (Å²) in [7, 11) is 0. The number of benzene rings is 2.